The first-order valence-electron chi connectivity index (χ1n) is 11.9. The lowest BCUT2D eigenvalue weighted by Gasteiger charge is -2.15. The van der Waals surface area contributed by atoms with Gasteiger partial charge in [-0.3, -0.25) is 0 Å². The highest BCUT2D eigenvalue weighted by molar-refractivity contribution is 9.10. The fourth-order valence-corrected chi connectivity index (χ4v) is 4.70. The van der Waals surface area contributed by atoms with Crippen molar-refractivity contribution in [2.75, 3.05) is 20.6 Å². The number of fused-ring (bicyclic) bond motifs is 1. The minimum atomic E-state index is -2.98. The SMILES string of the molecule is Cl.[2H]C([2H])([2H])N(Cc1c(O)c(Br)cc2c1c(C(=O)OCC)c(CSc1ccccc1)n2C)C([2H])([2H])[2H]. The molecule has 1 N–H and O–H groups in total. The van der Waals surface area contributed by atoms with Crippen LogP contribution in [0.5, 0.6) is 5.75 Å². The molecule has 30 heavy (non-hydrogen) atoms. The van der Waals surface area contributed by atoms with Crippen LogP contribution in [0.15, 0.2) is 45.8 Å². The highest BCUT2D eigenvalue weighted by Crippen LogP contribution is 2.41. The maximum Gasteiger partial charge on any atom is 0.340 e. The minimum Gasteiger partial charge on any atom is -0.506 e. The Bertz CT molecular complexity index is 1220. The molecule has 0 bridgehead atoms. The third kappa shape index (κ3) is 4.97. The number of hydrogen-bond acceptors (Lipinski definition) is 5. The molecule has 0 saturated heterocycles. The molecular weight excluding hydrogens is 488 g/mol. The number of ether oxygens (including phenoxy) is 1. The Kier molecular flexibility index (Phi) is 5.98. The van der Waals surface area contributed by atoms with Crippen LogP contribution in [0.1, 0.15) is 36.8 Å². The van der Waals surface area contributed by atoms with Gasteiger partial charge in [-0.15, -0.1) is 24.2 Å². The normalized spacial score (nSPS) is 14.8. The standard InChI is InChI=1S/C22H25BrN2O3S.ClH/c1-5-28-22(27)20-18(13-29-14-9-7-6-8-10-14)25(4)17-11-16(23)21(26)15(19(17)20)12-24(2)3;/h6-11,26H,5,12-13H2,1-4H3;1H/i2D3,3D3;. The van der Waals surface area contributed by atoms with Gasteiger partial charge in [-0.2, -0.15) is 0 Å². The Labute approximate surface area is 204 Å². The number of phenolic OH excluding ortho intramolecular Hbond substituents is 1. The number of rotatable bonds is 7. The first-order chi connectivity index (χ1) is 16.3. The summed E-state index contributed by atoms with van der Waals surface area (Å²) in [5.41, 5.74) is 1.30. The number of esters is 1. The van der Waals surface area contributed by atoms with Crippen LogP contribution in [0.4, 0.5) is 0 Å². The summed E-state index contributed by atoms with van der Waals surface area (Å²) in [6, 6.07) is 11.2. The van der Waals surface area contributed by atoms with E-state index in [1.807, 2.05) is 30.3 Å². The van der Waals surface area contributed by atoms with Crippen molar-refractivity contribution in [3.63, 3.8) is 0 Å². The maximum atomic E-state index is 13.2. The smallest absolute Gasteiger partial charge is 0.340 e. The van der Waals surface area contributed by atoms with E-state index in [2.05, 4.69) is 15.9 Å². The van der Waals surface area contributed by atoms with Crippen molar-refractivity contribution in [1.82, 2.24) is 9.47 Å². The zero-order valence-corrected chi connectivity index (χ0v) is 19.7. The molecular formula is C22H26BrClN2O3S. The van der Waals surface area contributed by atoms with Gasteiger partial charge in [-0.05, 0) is 55.0 Å². The summed E-state index contributed by atoms with van der Waals surface area (Å²) in [6.07, 6.45) is 0. The number of phenols is 1. The molecule has 8 heteroatoms. The maximum absolute atomic E-state index is 13.2. The highest BCUT2D eigenvalue weighted by Gasteiger charge is 2.27. The molecule has 5 nitrogen and oxygen atoms in total. The number of nitrogens with zero attached hydrogens (tertiary/aromatic N) is 2. The van der Waals surface area contributed by atoms with E-state index in [1.54, 1.807) is 24.6 Å². The first kappa shape index (κ1) is 17.0. The first-order valence-corrected chi connectivity index (χ1v) is 10.7. The van der Waals surface area contributed by atoms with Crippen LogP contribution < -0.4 is 0 Å². The molecule has 2 aromatic carbocycles. The minimum absolute atomic E-state index is 0. The molecule has 0 aliphatic carbocycles. The van der Waals surface area contributed by atoms with E-state index in [9.17, 15) is 9.90 Å². The van der Waals surface area contributed by atoms with Gasteiger partial charge in [-0.1, -0.05) is 18.2 Å². The zero-order valence-electron chi connectivity index (χ0n) is 22.4. The molecule has 0 unspecified atom stereocenters. The Hall–Kier alpha value is -1.67. The van der Waals surface area contributed by atoms with Crippen LogP contribution >= 0.6 is 40.1 Å². The lowest BCUT2D eigenvalue weighted by atomic mass is 10.0. The van der Waals surface area contributed by atoms with Crippen molar-refractivity contribution in [2.45, 2.75) is 24.1 Å². The molecule has 0 amide bonds. The highest BCUT2D eigenvalue weighted by atomic mass is 79.9. The van der Waals surface area contributed by atoms with E-state index in [1.165, 1.54) is 11.8 Å². The third-order valence-electron chi connectivity index (χ3n) is 4.55. The number of carbonyl (C=O) groups excluding carboxylic acids is 1. The lowest BCUT2D eigenvalue weighted by Crippen LogP contribution is -2.13. The van der Waals surface area contributed by atoms with Crippen molar-refractivity contribution in [3.8, 4) is 5.75 Å². The Morgan fingerprint density at radius 3 is 2.67 bits per heavy atom. The van der Waals surface area contributed by atoms with Crippen molar-refractivity contribution in [1.29, 1.82) is 0 Å². The van der Waals surface area contributed by atoms with Gasteiger partial charge in [0.25, 0.3) is 0 Å². The number of aromatic hydroxyl groups is 1. The molecule has 1 aromatic heterocycles. The van der Waals surface area contributed by atoms with Crippen molar-refractivity contribution < 1.29 is 22.9 Å². The average molecular weight is 520 g/mol. The molecule has 0 aliphatic heterocycles. The molecule has 3 aromatic rings. The van der Waals surface area contributed by atoms with Gasteiger partial charge in [0.1, 0.15) is 5.75 Å². The molecule has 162 valence electrons. The van der Waals surface area contributed by atoms with Gasteiger partial charge in [0.15, 0.2) is 0 Å². The largest absolute Gasteiger partial charge is 0.506 e. The topological polar surface area (TPSA) is 54.7 Å². The number of carbonyl (C=O) groups is 1. The van der Waals surface area contributed by atoms with Crippen molar-refractivity contribution in [2.24, 2.45) is 7.05 Å². The van der Waals surface area contributed by atoms with Gasteiger partial charge in [0, 0.05) is 49.1 Å². The van der Waals surface area contributed by atoms with Crippen LogP contribution in [0.3, 0.4) is 0 Å². The Morgan fingerprint density at radius 2 is 2.03 bits per heavy atom. The quantitative estimate of drug-likeness (QED) is 0.325. The van der Waals surface area contributed by atoms with Crippen molar-refractivity contribution >= 4 is 57.0 Å². The summed E-state index contributed by atoms with van der Waals surface area (Å²) < 4.78 is 53.8. The average Bonchev–Trinajstić information content (AvgIpc) is 3.03. The number of benzene rings is 2. The van der Waals surface area contributed by atoms with Gasteiger partial charge >= 0.3 is 5.97 Å². The lowest BCUT2D eigenvalue weighted by molar-refractivity contribution is 0.0527. The molecule has 0 spiro atoms. The summed E-state index contributed by atoms with van der Waals surface area (Å²) >= 11 is 4.78. The molecule has 0 radical (unpaired) electrons. The van der Waals surface area contributed by atoms with E-state index in [0.29, 0.717) is 21.9 Å². The predicted octanol–water partition coefficient (Wildman–Crippen LogP) is 5.60. The third-order valence-corrected chi connectivity index (χ3v) is 6.18. The van der Waals surface area contributed by atoms with E-state index in [0.717, 1.165) is 4.90 Å². The van der Waals surface area contributed by atoms with Crippen LogP contribution in [0.2, 0.25) is 0 Å². The fraction of sp³-hybridized carbons (Fsp3) is 0.318. The van der Waals surface area contributed by atoms with Crippen LogP contribution in [-0.2, 0) is 24.1 Å². The fourth-order valence-electron chi connectivity index (χ4n) is 3.25. The molecule has 0 atom stereocenters. The molecule has 0 fully saturated rings. The molecule has 0 aliphatic rings. The summed E-state index contributed by atoms with van der Waals surface area (Å²) in [6.45, 7) is -4.82. The van der Waals surface area contributed by atoms with E-state index in [4.69, 9.17) is 13.0 Å². The number of aryl methyl sites for hydroxylation is 1. The predicted molar refractivity (Wildman–Crippen MR) is 129 cm³/mol. The van der Waals surface area contributed by atoms with Crippen LogP contribution in [-0.4, -0.2) is 41.1 Å². The number of aromatic nitrogens is 1. The summed E-state index contributed by atoms with van der Waals surface area (Å²) in [4.78, 5) is 14.5. The van der Waals surface area contributed by atoms with Crippen molar-refractivity contribution in [3.05, 3.63) is 57.7 Å². The molecule has 3 rings (SSSR count). The van der Waals surface area contributed by atoms with E-state index in [-0.39, 0.29) is 45.7 Å². The van der Waals surface area contributed by atoms with Crippen LogP contribution in [0.25, 0.3) is 10.9 Å². The van der Waals surface area contributed by atoms with Crippen LogP contribution in [0, 0.1) is 0 Å². The number of halogens is 2. The number of hydrogen-bond donors (Lipinski definition) is 1. The summed E-state index contributed by atoms with van der Waals surface area (Å²) in [5, 5.41) is 11.2. The second kappa shape index (κ2) is 10.6. The summed E-state index contributed by atoms with van der Waals surface area (Å²) in [7, 11) is 1.75. The zero-order chi connectivity index (χ0) is 26.1. The summed E-state index contributed by atoms with van der Waals surface area (Å²) in [5.74, 6) is -0.600. The Balaban J connectivity index is 0.00000456. The van der Waals surface area contributed by atoms with E-state index < -0.39 is 26.5 Å². The second-order valence-corrected chi connectivity index (χ2v) is 8.27. The molecule has 1 heterocycles. The van der Waals surface area contributed by atoms with Gasteiger partial charge in [0.05, 0.1) is 22.2 Å². The van der Waals surface area contributed by atoms with E-state index >= 15 is 0 Å². The van der Waals surface area contributed by atoms with Gasteiger partial charge in [-0.25, -0.2) is 4.79 Å². The Morgan fingerprint density at radius 1 is 1.33 bits per heavy atom. The monoisotopic (exact) mass is 518 g/mol. The van der Waals surface area contributed by atoms with Gasteiger partial charge < -0.3 is 19.3 Å². The second-order valence-electron chi connectivity index (χ2n) is 6.37. The number of thioether (sulfide) groups is 1. The van der Waals surface area contributed by atoms with Gasteiger partial charge in [0.2, 0.25) is 0 Å². The molecule has 0 saturated carbocycles.